The van der Waals surface area contributed by atoms with Crippen molar-refractivity contribution in [1.82, 2.24) is 10.3 Å². The lowest BCUT2D eigenvalue weighted by Crippen LogP contribution is -2.25. The summed E-state index contributed by atoms with van der Waals surface area (Å²) in [6.07, 6.45) is 0.679. The molecule has 2 aromatic carbocycles. The molecular formula is C19H16Cl2N2OS. The number of carbonyl (C=O) groups is 1. The van der Waals surface area contributed by atoms with Gasteiger partial charge in [-0.1, -0.05) is 53.5 Å². The summed E-state index contributed by atoms with van der Waals surface area (Å²) >= 11 is 13.5. The number of thiazole rings is 1. The van der Waals surface area contributed by atoms with Crippen LogP contribution in [0, 0.1) is 6.92 Å². The minimum absolute atomic E-state index is 0.194. The van der Waals surface area contributed by atoms with Crippen LogP contribution in [0.1, 0.15) is 20.2 Å². The average Bonchev–Trinajstić information content (AvgIpc) is 2.95. The van der Waals surface area contributed by atoms with Crippen molar-refractivity contribution in [2.24, 2.45) is 0 Å². The van der Waals surface area contributed by atoms with Crippen LogP contribution in [-0.4, -0.2) is 17.4 Å². The minimum Gasteiger partial charge on any atom is -0.352 e. The first-order valence-corrected chi connectivity index (χ1v) is 9.36. The third-order valence-corrected chi connectivity index (χ3v) is 5.10. The molecule has 1 amide bonds. The van der Waals surface area contributed by atoms with E-state index >= 15 is 0 Å². The Morgan fingerprint density at radius 2 is 1.80 bits per heavy atom. The summed E-state index contributed by atoms with van der Waals surface area (Å²) in [6, 6.07) is 14.9. The van der Waals surface area contributed by atoms with E-state index < -0.39 is 0 Å². The molecule has 0 saturated heterocycles. The summed E-state index contributed by atoms with van der Waals surface area (Å²) in [4.78, 5) is 18.1. The second-order valence-corrected chi connectivity index (χ2v) is 7.70. The number of halogens is 2. The lowest BCUT2D eigenvalue weighted by atomic mass is 10.1. The smallest absolute Gasteiger partial charge is 0.251 e. The molecule has 0 unspecified atom stereocenters. The van der Waals surface area contributed by atoms with Crippen LogP contribution in [0.15, 0.2) is 48.5 Å². The van der Waals surface area contributed by atoms with E-state index in [1.54, 1.807) is 29.5 Å². The maximum Gasteiger partial charge on any atom is 0.251 e. The molecule has 1 heterocycles. The van der Waals surface area contributed by atoms with Gasteiger partial charge < -0.3 is 5.32 Å². The molecule has 25 heavy (non-hydrogen) atoms. The molecule has 3 aromatic rings. The van der Waals surface area contributed by atoms with Gasteiger partial charge >= 0.3 is 0 Å². The van der Waals surface area contributed by atoms with E-state index in [9.17, 15) is 4.79 Å². The fourth-order valence-electron chi connectivity index (χ4n) is 2.49. The Balaban J connectivity index is 1.62. The van der Waals surface area contributed by atoms with Gasteiger partial charge in [0.1, 0.15) is 0 Å². The largest absolute Gasteiger partial charge is 0.352 e. The van der Waals surface area contributed by atoms with Crippen LogP contribution in [-0.2, 0) is 6.42 Å². The average molecular weight is 391 g/mol. The van der Waals surface area contributed by atoms with Crippen LogP contribution in [0.5, 0.6) is 0 Å². The van der Waals surface area contributed by atoms with Crippen molar-refractivity contribution >= 4 is 40.4 Å². The highest BCUT2D eigenvalue weighted by Crippen LogP contribution is 2.27. The molecule has 0 aliphatic rings. The number of benzene rings is 2. The van der Waals surface area contributed by atoms with Crippen molar-refractivity contribution in [3.05, 3.63) is 74.0 Å². The second kappa shape index (κ2) is 8.00. The van der Waals surface area contributed by atoms with Crippen molar-refractivity contribution < 1.29 is 4.79 Å². The molecule has 6 heteroatoms. The molecule has 128 valence electrons. The topological polar surface area (TPSA) is 42.0 Å². The third kappa shape index (κ3) is 4.60. The second-order valence-electron chi connectivity index (χ2n) is 5.54. The fraction of sp³-hybridized carbons (Fsp3) is 0.158. The number of amides is 1. The summed E-state index contributed by atoms with van der Waals surface area (Å²) in [5.74, 6) is -0.194. The SMILES string of the molecule is Cc1sc(CCNC(=O)c2cc(Cl)cc(Cl)c2)nc1-c1ccccc1. The van der Waals surface area contributed by atoms with Gasteiger partial charge in [-0.25, -0.2) is 4.98 Å². The van der Waals surface area contributed by atoms with Crippen molar-refractivity contribution in [3.8, 4) is 11.3 Å². The highest BCUT2D eigenvalue weighted by atomic mass is 35.5. The molecule has 0 fully saturated rings. The van der Waals surface area contributed by atoms with Crippen molar-refractivity contribution in [3.63, 3.8) is 0 Å². The summed E-state index contributed by atoms with van der Waals surface area (Å²) < 4.78 is 0. The van der Waals surface area contributed by atoms with Gasteiger partial charge in [0.25, 0.3) is 5.91 Å². The van der Waals surface area contributed by atoms with Gasteiger partial charge in [-0.2, -0.15) is 0 Å². The Labute approximate surface area is 160 Å². The van der Waals surface area contributed by atoms with E-state index in [0.717, 1.165) is 16.3 Å². The molecule has 3 nitrogen and oxygen atoms in total. The number of hydrogen-bond acceptors (Lipinski definition) is 3. The number of nitrogens with one attached hydrogen (secondary N) is 1. The Hall–Kier alpha value is -1.88. The molecular weight excluding hydrogens is 375 g/mol. The van der Waals surface area contributed by atoms with Crippen LogP contribution in [0.4, 0.5) is 0 Å². The summed E-state index contributed by atoms with van der Waals surface area (Å²) in [6.45, 7) is 2.57. The predicted molar refractivity (Wildman–Crippen MR) is 105 cm³/mol. The normalized spacial score (nSPS) is 10.7. The summed E-state index contributed by atoms with van der Waals surface area (Å²) in [5, 5.41) is 4.77. The Morgan fingerprint density at radius 3 is 2.48 bits per heavy atom. The number of aryl methyl sites for hydroxylation is 1. The van der Waals surface area contributed by atoms with Crippen LogP contribution in [0.3, 0.4) is 0 Å². The number of aromatic nitrogens is 1. The Kier molecular flexibility index (Phi) is 5.74. The maximum absolute atomic E-state index is 12.2. The van der Waals surface area contributed by atoms with Gasteiger partial charge in [0.15, 0.2) is 0 Å². The molecule has 1 aromatic heterocycles. The van der Waals surface area contributed by atoms with E-state index in [2.05, 4.69) is 24.4 Å². The van der Waals surface area contributed by atoms with E-state index in [4.69, 9.17) is 28.2 Å². The van der Waals surface area contributed by atoms with Gasteiger partial charge in [0.05, 0.1) is 10.7 Å². The number of hydrogen-bond donors (Lipinski definition) is 1. The number of rotatable bonds is 5. The van der Waals surface area contributed by atoms with E-state index in [1.165, 1.54) is 4.88 Å². The molecule has 0 bridgehead atoms. The van der Waals surface area contributed by atoms with Crippen molar-refractivity contribution in [1.29, 1.82) is 0 Å². The Bertz CT molecular complexity index is 873. The summed E-state index contributed by atoms with van der Waals surface area (Å²) in [7, 11) is 0. The van der Waals surface area contributed by atoms with Crippen LogP contribution in [0.25, 0.3) is 11.3 Å². The fourth-order valence-corrected chi connectivity index (χ4v) is 3.97. The first kappa shape index (κ1) is 17.9. The van der Waals surface area contributed by atoms with Gasteiger partial charge in [0, 0.05) is 39.0 Å². The minimum atomic E-state index is -0.194. The standard InChI is InChI=1S/C19H16Cl2N2OS/c1-12-18(13-5-3-2-4-6-13)23-17(25-12)7-8-22-19(24)14-9-15(20)11-16(21)10-14/h2-6,9-11H,7-8H2,1H3,(H,22,24). The quantitative estimate of drug-likeness (QED) is 0.633. The van der Waals surface area contributed by atoms with E-state index in [1.807, 2.05) is 18.2 Å². The van der Waals surface area contributed by atoms with Gasteiger partial charge in [-0.05, 0) is 25.1 Å². The third-order valence-electron chi connectivity index (χ3n) is 3.64. The van der Waals surface area contributed by atoms with Gasteiger partial charge in [-0.3, -0.25) is 4.79 Å². The van der Waals surface area contributed by atoms with E-state index in [-0.39, 0.29) is 5.91 Å². The van der Waals surface area contributed by atoms with Gasteiger partial charge in [0.2, 0.25) is 0 Å². The molecule has 3 rings (SSSR count). The van der Waals surface area contributed by atoms with Crippen LogP contribution < -0.4 is 5.32 Å². The molecule has 0 radical (unpaired) electrons. The number of carbonyl (C=O) groups excluding carboxylic acids is 1. The van der Waals surface area contributed by atoms with Gasteiger partial charge in [-0.15, -0.1) is 11.3 Å². The highest BCUT2D eigenvalue weighted by molar-refractivity contribution is 7.12. The molecule has 0 atom stereocenters. The van der Waals surface area contributed by atoms with Crippen LogP contribution >= 0.6 is 34.5 Å². The number of nitrogens with zero attached hydrogens (tertiary/aromatic N) is 1. The predicted octanol–water partition coefficient (Wildman–Crippen LogP) is 5.40. The lowest BCUT2D eigenvalue weighted by Gasteiger charge is -2.05. The summed E-state index contributed by atoms with van der Waals surface area (Å²) in [5.41, 5.74) is 2.58. The van der Waals surface area contributed by atoms with Crippen molar-refractivity contribution in [2.45, 2.75) is 13.3 Å². The van der Waals surface area contributed by atoms with Crippen LogP contribution in [0.2, 0.25) is 10.0 Å². The maximum atomic E-state index is 12.2. The molecule has 0 spiro atoms. The monoisotopic (exact) mass is 390 g/mol. The van der Waals surface area contributed by atoms with E-state index in [0.29, 0.717) is 28.6 Å². The zero-order chi connectivity index (χ0) is 17.8. The molecule has 0 saturated carbocycles. The highest BCUT2D eigenvalue weighted by Gasteiger charge is 2.11. The first-order chi connectivity index (χ1) is 12.0. The Morgan fingerprint density at radius 1 is 1.12 bits per heavy atom. The zero-order valence-electron chi connectivity index (χ0n) is 13.6. The lowest BCUT2D eigenvalue weighted by molar-refractivity contribution is 0.0954. The zero-order valence-corrected chi connectivity index (χ0v) is 15.9. The molecule has 0 aliphatic heterocycles. The molecule has 0 aliphatic carbocycles. The molecule has 1 N–H and O–H groups in total. The first-order valence-electron chi connectivity index (χ1n) is 7.79. The van der Waals surface area contributed by atoms with Crippen molar-refractivity contribution in [2.75, 3.05) is 6.54 Å².